The molecule has 1 fully saturated rings. The van der Waals surface area contributed by atoms with Gasteiger partial charge in [0.15, 0.2) is 0 Å². The predicted octanol–water partition coefficient (Wildman–Crippen LogP) is 0.270. The van der Waals surface area contributed by atoms with Gasteiger partial charge in [0.25, 0.3) is 5.78 Å². The molecule has 0 aromatic heterocycles. The summed E-state index contributed by atoms with van der Waals surface area (Å²) in [5.74, 6) is -2.28. The Balaban J connectivity index is 2.72. The molecule has 1 saturated carbocycles. The zero-order valence-electron chi connectivity index (χ0n) is 10.8. The molecule has 0 heterocycles. The first-order valence-electron chi connectivity index (χ1n) is 5.98. The van der Waals surface area contributed by atoms with E-state index < -0.39 is 23.3 Å². The molecule has 1 aliphatic rings. The number of rotatable bonds is 6. The minimum Gasteiger partial charge on any atom is -0.463 e. The number of methoxy groups -OCH3 is 2. The molecule has 0 unspecified atom stereocenters. The average molecular weight is 260 g/mol. The molecule has 104 valence electrons. The number of ether oxygens (including phenoxy) is 3. The Bertz CT molecular complexity index is 303. The SMILES string of the molecule is COCOC[C@@H]1CCCC[C@@]1(O)C(=O)C(=O)OC. The van der Waals surface area contributed by atoms with Crippen LogP contribution in [0.2, 0.25) is 0 Å². The number of hydrogen-bond acceptors (Lipinski definition) is 6. The number of esters is 1. The highest BCUT2D eigenvalue weighted by atomic mass is 16.7. The molecule has 0 amide bonds. The number of ketones is 1. The van der Waals surface area contributed by atoms with Gasteiger partial charge in [0.1, 0.15) is 12.4 Å². The Kier molecular flexibility index (Phi) is 5.71. The second-order valence-corrected chi connectivity index (χ2v) is 4.46. The van der Waals surface area contributed by atoms with Gasteiger partial charge in [0.2, 0.25) is 0 Å². The third-order valence-corrected chi connectivity index (χ3v) is 3.32. The van der Waals surface area contributed by atoms with Crippen LogP contribution in [0, 0.1) is 5.92 Å². The van der Waals surface area contributed by atoms with Crippen molar-refractivity contribution in [3.8, 4) is 0 Å². The van der Waals surface area contributed by atoms with Crippen molar-refractivity contribution in [2.24, 2.45) is 5.92 Å². The van der Waals surface area contributed by atoms with Crippen molar-refractivity contribution in [3.63, 3.8) is 0 Å². The Hall–Kier alpha value is -0.980. The number of carbonyl (C=O) groups excluding carboxylic acids is 2. The highest BCUT2D eigenvalue weighted by molar-refractivity contribution is 6.36. The van der Waals surface area contributed by atoms with Gasteiger partial charge >= 0.3 is 5.97 Å². The fourth-order valence-electron chi connectivity index (χ4n) is 2.29. The standard InChI is InChI=1S/C12H20O6/c1-16-8-18-7-9-5-3-4-6-12(9,15)10(13)11(14)17-2/h9,15H,3-8H2,1-2H3/t9-,12-/m0/s1. The third-order valence-electron chi connectivity index (χ3n) is 3.32. The molecular formula is C12H20O6. The zero-order chi connectivity index (χ0) is 13.6. The zero-order valence-corrected chi connectivity index (χ0v) is 10.8. The predicted molar refractivity (Wildman–Crippen MR) is 61.8 cm³/mol. The Morgan fingerprint density at radius 3 is 2.67 bits per heavy atom. The van der Waals surface area contributed by atoms with Crippen LogP contribution in [0.15, 0.2) is 0 Å². The summed E-state index contributed by atoms with van der Waals surface area (Å²) < 4.78 is 14.3. The quantitative estimate of drug-likeness (QED) is 0.319. The van der Waals surface area contributed by atoms with Crippen LogP contribution in [-0.2, 0) is 23.8 Å². The monoisotopic (exact) mass is 260 g/mol. The van der Waals surface area contributed by atoms with Gasteiger partial charge in [-0.15, -0.1) is 0 Å². The van der Waals surface area contributed by atoms with Crippen molar-refractivity contribution >= 4 is 11.8 Å². The van der Waals surface area contributed by atoms with Crippen LogP contribution in [0.3, 0.4) is 0 Å². The topological polar surface area (TPSA) is 82.1 Å². The van der Waals surface area contributed by atoms with E-state index in [-0.39, 0.29) is 19.8 Å². The fourth-order valence-corrected chi connectivity index (χ4v) is 2.29. The van der Waals surface area contributed by atoms with Crippen LogP contribution >= 0.6 is 0 Å². The maximum atomic E-state index is 11.9. The summed E-state index contributed by atoms with van der Waals surface area (Å²) in [5, 5.41) is 10.4. The minimum atomic E-state index is -1.67. The Morgan fingerprint density at radius 2 is 2.06 bits per heavy atom. The van der Waals surface area contributed by atoms with E-state index in [1.54, 1.807) is 0 Å². The molecule has 0 saturated heterocycles. The van der Waals surface area contributed by atoms with Gasteiger partial charge in [-0.3, -0.25) is 4.79 Å². The van der Waals surface area contributed by atoms with Crippen molar-refractivity contribution in [2.45, 2.75) is 31.3 Å². The summed E-state index contributed by atoms with van der Waals surface area (Å²) in [6, 6.07) is 0. The lowest BCUT2D eigenvalue weighted by Crippen LogP contribution is -2.52. The van der Waals surface area contributed by atoms with Crippen LogP contribution in [-0.4, -0.2) is 50.1 Å². The molecule has 18 heavy (non-hydrogen) atoms. The van der Waals surface area contributed by atoms with Gasteiger partial charge in [-0.1, -0.05) is 12.8 Å². The van der Waals surface area contributed by atoms with Crippen LogP contribution in [0.25, 0.3) is 0 Å². The highest BCUT2D eigenvalue weighted by Crippen LogP contribution is 2.35. The summed E-state index contributed by atoms with van der Waals surface area (Å²) in [6.45, 7) is 0.284. The lowest BCUT2D eigenvalue weighted by atomic mass is 9.73. The number of hydrogen-bond donors (Lipinski definition) is 1. The lowest BCUT2D eigenvalue weighted by Gasteiger charge is -2.37. The van der Waals surface area contributed by atoms with Crippen LogP contribution in [0.5, 0.6) is 0 Å². The Morgan fingerprint density at radius 1 is 1.33 bits per heavy atom. The molecule has 1 N–H and O–H groups in total. The molecule has 1 rings (SSSR count). The first-order valence-corrected chi connectivity index (χ1v) is 5.98. The molecule has 0 bridgehead atoms. The maximum Gasteiger partial charge on any atom is 0.377 e. The molecule has 0 spiro atoms. The van der Waals surface area contributed by atoms with Crippen LogP contribution in [0.4, 0.5) is 0 Å². The van der Waals surface area contributed by atoms with Crippen molar-refractivity contribution in [1.29, 1.82) is 0 Å². The number of aliphatic hydroxyl groups is 1. The summed E-state index contributed by atoms with van der Waals surface area (Å²) in [6.07, 6.45) is 2.52. The first-order chi connectivity index (χ1) is 8.56. The summed E-state index contributed by atoms with van der Waals surface area (Å²) >= 11 is 0. The maximum absolute atomic E-state index is 11.9. The van der Waals surface area contributed by atoms with Gasteiger partial charge < -0.3 is 19.3 Å². The largest absolute Gasteiger partial charge is 0.463 e. The summed E-state index contributed by atoms with van der Waals surface area (Å²) in [7, 11) is 2.62. The van der Waals surface area contributed by atoms with E-state index in [4.69, 9.17) is 9.47 Å². The molecule has 6 heteroatoms. The van der Waals surface area contributed by atoms with Gasteiger partial charge in [-0.05, 0) is 12.8 Å². The van der Waals surface area contributed by atoms with Crippen molar-refractivity contribution < 1.29 is 28.9 Å². The van der Waals surface area contributed by atoms with Gasteiger partial charge in [-0.2, -0.15) is 0 Å². The molecule has 0 radical (unpaired) electrons. The molecule has 0 aromatic rings. The minimum absolute atomic E-state index is 0.0962. The van der Waals surface area contributed by atoms with Gasteiger partial charge in [0.05, 0.1) is 13.7 Å². The van der Waals surface area contributed by atoms with Crippen molar-refractivity contribution in [1.82, 2.24) is 0 Å². The van der Waals surface area contributed by atoms with E-state index >= 15 is 0 Å². The average Bonchev–Trinajstić information content (AvgIpc) is 2.39. The smallest absolute Gasteiger partial charge is 0.377 e. The third kappa shape index (κ3) is 3.28. The van der Waals surface area contributed by atoms with Crippen molar-refractivity contribution in [3.05, 3.63) is 0 Å². The fraction of sp³-hybridized carbons (Fsp3) is 0.833. The highest BCUT2D eigenvalue weighted by Gasteiger charge is 2.48. The van der Waals surface area contributed by atoms with E-state index in [1.165, 1.54) is 7.11 Å². The van der Waals surface area contributed by atoms with Gasteiger partial charge in [0, 0.05) is 13.0 Å². The van der Waals surface area contributed by atoms with E-state index in [1.807, 2.05) is 0 Å². The van der Waals surface area contributed by atoms with E-state index in [0.717, 1.165) is 13.5 Å². The van der Waals surface area contributed by atoms with E-state index in [0.29, 0.717) is 12.8 Å². The molecule has 1 aliphatic carbocycles. The van der Waals surface area contributed by atoms with Crippen molar-refractivity contribution in [2.75, 3.05) is 27.6 Å². The van der Waals surface area contributed by atoms with E-state index in [2.05, 4.69) is 4.74 Å². The molecule has 6 nitrogen and oxygen atoms in total. The first kappa shape index (κ1) is 15.1. The molecule has 0 aliphatic heterocycles. The summed E-state index contributed by atoms with van der Waals surface area (Å²) in [4.78, 5) is 23.2. The Labute approximate surface area is 106 Å². The normalized spacial score (nSPS) is 27.8. The second-order valence-electron chi connectivity index (χ2n) is 4.46. The second kappa shape index (κ2) is 6.82. The van der Waals surface area contributed by atoms with Crippen LogP contribution < -0.4 is 0 Å². The van der Waals surface area contributed by atoms with E-state index in [9.17, 15) is 14.7 Å². The molecule has 0 aromatic carbocycles. The van der Waals surface area contributed by atoms with Gasteiger partial charge in [-0.25, -0.2) is 4.79 Å². The lowest BCUT2D eigenvalue weighted by molar-refractivity contribution is -0.170. The van der Waals surface area contributed by atoms with Crippen LogP contribution in [0.1, 0.15) is 25.7 Å². The number of Topliss-reactive ketones (excluding diaryl/α,β-unsaturated/α-hetero) is 1. The molecule has 2 atom stereocenters. The summed E-state index contributed by atoms with van der Waals surface area (Å²) in [5.41, 5.74) is -1.67. The molecular weight excluding hydrogens is 240 g/mol. The number of carbonyl (C=O) groups is 2.